The van der Waals surface area contributed by atoms with Gasteiger partial charge in [0.15, 0.2) is 0 Å². The molecule has 0 spiro atoms. The summed E-state index contributed by atoms with van der Waals surface area (Å²) >= 11 is 0. The van der Waals surface area contributed by atoms with Gasteiger partial charge in [-0.25, -0.2) is 0 Å². The lowest BCUT2D eigenvalue weighted by atomic mass is 9.52. The van der Waals surface area contributed by atoms with Crippen molar-refractivity contribution in [1.82, 2.24) is 4.57 Å². The molecule has 0 saturated heterocycles. The second-order valence-corrected chi connectivity index (χ2v) is 9.72. The summed E-state index contributed by atoms with van der Waals surface area (Å²) in [4.78, 5) is 0. The third-order valence-electron chi connectivity index (χ3n) is 8.29. The summed E-state index contributed by atoms with van der Waals surface area (Å²) in [5, 5.41) is 12.3. The molecule has 1 heterocycles. The summed E-state index contributed by atoms with van der Waals surface area (Å²) in [7, 11) is 2.15. The van der Waals surface area contributed by atoms with Crippen LogP contribution in [0.25, 0.3) is 10.9 Å². The van der Waals surface area contributed by atoms with Gasteiger partial charge in [-0.05, 0) is 95.4 Å². The zero-order valence-electron chi connectivity index (χ0n) is 16.0. The number of hydrogen-bond donors (Lipinski definition) is 1. The molecule has 0 radical (unpaired) electrons. The highest BCUT2D eigenvalue weighted by Crippen LogP contribution is 2.63. The Morgan fingerprint density at radius 1 is 1.20 bits per heavy atom. The second-order valence-electron chi connectivity index (χ2n) is 9.72. The first kappa shape index (κ1) is 15.9. The van der Waals surface area contributed by atoms with Crippen LogP contribution in [-0.4, -0.2) is 15.8 Å². The number of aromatic nitrogens is 1. The van der Waals surface area contributed by atoms with Crippen LogP contribution in [0.1, 0.15) is 57.1 Å². The maximum atomic E-state index is 10.9. The van der Waals surface area contributed by atoms with Crippen molar-refractivity contribution in [3.8, 4) is 0 Å². The fourth-order valence-corrected chi connectivity index (χ4v) is 7.24. The Morgan fingerprint density at radius 3 is 2.80 bits per heavy atom. The SMILES string of the molecule is CC1C[C@]2(C)C(O)C(C)CC2C2CCc3cc4c(ccn4C)cc3C12. The van der Waals surface area contributed by atoms with Crippen molar-refractivity contribution in [2.75, 3.05) is 0 Å². The van der Waals surface area contributed by atoms with E-state index < -0.39 is 0 Å². The van der Waals surface area contributed by atoms with Gasteiger partial charge in [-0.2, -0.15) is 0 Å². The number of benzene rings is 1. The summed E-state index contributed by atoms with van der Waals surface area (Å²) < 4.78 is 2.25. The minimum absolute atomic E-state index is 0.112. The van der Waals surface area contributed by atoms with Crippen molar-refractivity contribution in [3.63, 3.8) is 0 Å². The highest BCUT2D eigenvalue weighted by atomic mass is 16.3. The first-order valence-electron chi connectivity index (χ1n) is 10.2. The minimum Gasteiger partial charge on any atom is -0.392 e. The van der Waals surface area contributed by atoms with Crippen LogP contribution in [-0.2, 0) is 13.5 Å². The molecule has 2 fully saturated rings. The van der Waals surface area contributed by atoms with Crippen LogP contribution in [0.3, 0.4) is 0 Å². The molecule has 1 N–H and O–H groups in total. The lowest BCUT2D eigenvalue weighted by Gasteiger charge is -2.53. The van der Waals surface area contributed by atoms with Gasteiger partial charge in [0, 0.05) is 18.8 Å². The number of aryl methyl sites for hydroxylation is 2. The summed E-state index contributed by atoms with van der Waals surface area (Å²) in [6, 6.07) is 7.21. The number of rotatable bonds is 0. The molecule has 2 heteroatoms. The predicted octanol–water partition coefficient (Wildman–Crippen LogP) is 4.89. The van der Waals surface area contributed by atoms with Crippen molar-refractivity contribution in [2.24, 2.45) is 36.1 Å². The molecule has 3 aliphatic rings. The highest BCUT2D eigenvalue weighted by Gasteiger charge is 2.58. The summed E-state index contributed by atoms with van der Waals surface area (Å²) in [6.45, 7) is 7.09. The van der Waals surface area contributed by atoms with E-state index in [0.717, 1.165) is 5.92 Å². The average Bonchev–Trinajstić information content (AvgIpc) is 3.05. The molecule has 2 nitrogen and oxygen atoms in total. The monoisotopic (exact) mass is 337 g/mol. The molecular formula is C23H31NO. The Balaban J connectivity index is 1.62. The van der Waals surface area contributed by atoms with Gasteiger partial charge in [0.25, 0.3) is 0 Å². The Bertz CT molecular complexity index is 836. The van der Waals surface area contributed by atoms with E-state index in [0.29, 0.717) is 23.7 Å². The van der Waals surface area contributed by atoms with E-state index >= 15 is 0 Å². The molecule has 1 aromatic heterocycles. The predicted molar refractivity (Wildman–Crippen MR) is 103 cm³/mol. The third-order valence-corrected chi connectivity index (χ3v) is 8.29. The van der Waals surface area contributed by atoms with Crippen LogP contribution < -0.4 is 0 Å². The van der Waals surface area contributed by atoms with Gasteiger partial charge in [0.2, 0.25) is 0 Å². The second kappa shape index (κ2) is 5.13. The summed E-state index contributed by atoms with van der Waals surface area (Å²) in [5.41, 5.74) is 4.71. The largest absolute Gasteiger partial charge is 0.392 e. The molecule has 1 aromatic carbocycles. The van der Waals surface area contributed by atoms with Crippen LogP contribution in [0.15, 0.2) is 24.4 Å². The zero-order chi connectivity index (χ0) is 17.5. The molecule has 2 saturated carbocycles. The van der Waals surface area contributed by atoms with E-state index in [-0.39, 0.29) is 11.5 Å². The average molecular weight is 338 g/mol. The van der Waals surface area contributed by atoms with Crippen molar-refractivity contribution in [1.29, 1.82) is 0 Å². The molecule has 0 bridgehead atoms. The first-order valence-corrected chi connectivity index (χ1v) is 10.2. The van der Waals surface area contributed by atoms with E-state index in [1.54, 1.807) is 11.1 Å². The summed E-state index contributed by atoms with van der Waals surface area (Å²) in [5.74, 6) is 3.25. The van der Waals surface area contributed by atoms with Crippen molar-refractivity contribution in [3.05, 3.63) is 35.5 Å². The smallest absolute Gasteiger partial charge is 0.0622 e. The summed E-state index contributed by atoms with van der Waals surface area (Å²) in [6.07, 6.45) is 6.98. The molecule has 0 aliphatic heterocycles. The van der Waals surface area contributed by atoms with Crippen molar-refractivity contribution >= 4 is 10.9 Å². The van der Waals surface area contributed by atoms with Gasteiger partial charge in [0.1, 0.15) is 0 Å². The molecule has 134 valence electrons. The van der Waals surface area contributed by atoms with Crippen molar-refractivity contribution < 1.29 is 5.11 Å². The van der Waals surface area contributed by atoms with Crippen LogP contribution >= 0.6 is 0 Å². The number of nitrogens with zero attached hydrogens (tertiary/aromatic N) is 1. The van der Waals surface area contributed by atoms with Crippen LogP contribution in [0, 0.1) is 29.1 Å². The highest BCUT2D eigenvalue weighted by molar-refractivity contribution is 5.82. The first-order chi connectivity index (χ1) is 11.9. The standard InChI is InChI=1S/C23H31NO/c1-13-9-19-17-6-5-15-11-20-16(7-8-24(20)4)10-18(15)21(17)14(2)12-23(19,3)22(13)25/h7-8,10-11,13-14,17,19,21-22,25H,5-6,9,12H2,1-4H3/t13?,14?,17?,19?,21?,22?,23-/m0/s1. The Hall–Kier alpha value is -1.28. The molecule has 3 aliphatic carbocycles. The zero-order valence-corrected chi connectivity index (χ0v) is 16.0. The minimum atomic E-state index is -0.112. The third kappa shape index (κ3) is 2.01. The number of hydrogen-bond acceptors (Lipinski definition) is 1. The van der Waals surface area contributed by atoms with Crippen LogP contribution in [0.2, 0.25) is 0 Å². The fourth-order valence-electron chi connectivity index (χ4n) is 7.24. The van der Waals surface area contributed by atoms with Crippen molar-refractivity contribution in [2.45, 2.75) is 58.5 Å². The van der Waals surface area contributed by atoms with E-state index in [1.807, 2.05) is 0 Å². The molecule has 5 rings (SSSR count). The van der Waals surface area contributed by atoms with Gasteiger partial charge in [-0.3, -0.25) is 0 Å². The van der Waals surface area contributed by atoms with E-state index in [9.17, 15) is 5.11 Å². The van der Waals surface area contributed by atoms with E-state index in [1.165, 1.54) is 36.6 Å². The number of fused-ring (bicyclic) bond motifs is 6. The maximum absolute atomic E-state index is 10.9. The topological polar surface area (TPSA) is 25.2 Å². The van der Waals surface area contributed by atoms with Gasteiger partial charge in [-0.1, -0.05) is 20.8 Å². The Kier molecular flexibility index (Phi) is 3.27. The molecule has 0 amide bonds. The van der Waals surface area contributed by atoms with Crippen LogP contribution in [0.4, 0.5) is 0 Å². The van der Waals surface area contributed by atoms with Gasteiger partial charge in [-0.15, -0.1) is 0 Å². The number of aliphatic hydroxyl groups is 1. The quantitative estimate of drug-likeness (QED) is 0.727. The van der Waals surface area contributed by atoms with Gasteiger partial charge >= 0.3 is 0 Å². The Labute approximate surface area is 151 Å². The Morgan fingerprint density at radius 2 is 2.00 bits per heavy atom. The molecule has 25 heavy (non-hydrogen) atoms. The van der Waals surface area contributed by atoms with E-state index in [2.05, 4.69) is 56.8 Å². The normalized spacial score (nSPS) is 42.9. The van der Waals surface area contributed by atoms with Gasteiger partial charge in [0.05, 0.1) is 6.10 Å². The maximum Gasteiger partial charge on any atom is 0.0622 e. The molecule has 2 aromatic rings. The van der Waals surface area contributed by atoms with Crippen LogP contribution in [0.5, 0.6) is 0 Å². The molecule has 6 unspecified atom stereocenters. The van der Waals surface area contributed by atoms with Gasteiger partial charge < -0.3 is 9.67 Å². The molecule has 7 atom stereocenters. The van der Waals surface area contributed by atoms with E-state index in [4.69, 9.17) is 0 Å². The lowest BCUT2D eigenvalue weighted by molar-refractivity contribution is -0.0506. The fraction of sp³-hybridized carbons (Fsp3) is 0.652. The molecular weight excluding hydrogens is 306 g/mol. The lowest BCUT2D eigenvalue weighted by Crippen LogP contribution is -2.47. The number of aliphatic hydroxyl groups excluding tert-OH is 1.